The van der Waals surface area contributed by atoms with Crippen LogP contribution < -0.4 is 5.73 Å². The summed E-state index contributed by atoms with van der Waals surface area (Å²) in [5.41, 5.74) is 7.88. The molecule has 0 spiro atoms. The summed E-state index contributed by atoms with van der Waals surface area (Å²) < 4.78 is 0. The molecule has 0 aromatic carbocycles. The fourth-order valence-corrected chi connectivity index (χ4v) is 1.89. The Morgan fingerprint density at radius 2 is 2.00 bits per heavy atom. The van der Waals surface area contributed by atoms with Gasteiger partial charge in [0.1, 0.15) is 5.82 Å². The zero-order valence-electron chi connectivity index (χ0n) is 11.4. The van der Waals surface area contributed by atoms with E-state index >= 15 is 0 Å². The second-order valence-electron chi connectivity index (χ2n) is 4.39. The van der Waals surface area contributed by atoms with Gasteiger partial charge in [-0.3, -0.25) is 0 Å². The van der Waals surface area contributed by atoms with Gasteiger partial charge in [0.2, 0.25) is 0 Å². The largest absolute Gasteiger partial charge is 0.324 e. The monoisotopic (exact) mass is 236 g/mol. The molecular weight excluding hydrogens is 212 g/mol. The first-order valence-corrected chi connectivity index (χ1v) is 6.38. The summed E-state index contributed by atoms with van der Waals surface area (Å²) in [6.45, 7) is 11.5. The second kappa shape index (κ2) is 6.67. The first kappa shape index (κ1) is 14.1. The Balaban J connectivity index is 2.64. The van der Waals surface area contributed by atoms with Crippen molar-refractivity contribution < 1.29 is 0 Å². The Morgan fingerprint density at radius 1 is 1.35 bits per heavy atom. The van der Waals surface area contributed by atoms with Crippen LogP contribution in [0.2, 0.25) is 0 Å². The molecule has 0 radical (unpaired) electrons. The number of hydrogen-bond acceptors (Lipinski definition) is 4. The number of likely N-dealkylation sites (N-methyl/N-ethyl adjacent to an activating group) is 1. The SMILES string of the molecule is CCN(CC)CCc1ncc([C@@H](C)N)c(C)n1. The van der Waals surface area contributed by atoms with Crippen molar-refractivity contribution in [3.63, 3.8) is 0 Å². The van der Waals surface area contributed by atoms with Gasteiger partial charge in [-0.2, -0.15) is 0 Å². The lowest BCUT2D eigenvalue weighted by atomic mass is 10.1. The molecule has 1 rings (SSSR count). The maximum atomic E-state index is 5.84. The van der Waals surface area contributed by atoms with Gasteiger partial charge < -0.3 is 10.6 Å². The van der Waals surface area contributed by atoms with E-state index in [2.05, 4.69) is 28.7 Å². The third-order valence-electron chi connectivity index (χ3n) is 3.10. The lowest BCUT2D eigenvalue weighted by molar-refractivity contribution is 0.305. The third kappa shape index (κ3) is 4.06. The summed E-state index contributed by atoms with van der Waals surface area (Å²) in [5.74, 6) is 0.916. The fourth-order valence-electron chi connectivity index (χ4n) is 1.89. The minimum Gasteiger partial charge on any atom is -0.324 e. The molecule has 0 unspecified atom stereocenters. The molecule has 4 heteroatoms. The highest BCUT2D eigenvalue weighted by molar-refractivity contribution is 5.19. The summed E-state index contributed by atoms with van der Waals surface area (Å²) in [4.78, 5) is 11.3. The molecule has 1 heterocycles. The molecule has 0 aliphatic rings. The molecule has 1 aromatic rings. The number of aromatic nitrogens is 2. The summed E-state index contributed by atoms with van der Waals surface area (Å²) in [6.07, 6.45) is 2.77. The predicted molar refractivity (Wildman–Crippen MR) is 70.9 cm³/mol. The predicted octanol–water partition coefficient (Wildman–Crippen LogP) is 1.69. The molecule has 17 heavy (non-hydrogen) atoms. The molecule has 0 fully saturated rings. The normalized spacial score (nSPS) is 13.1. The van der Waals surface area contributed by atoms with E-state index in [1.807, 2.05) is 20.0 Å². The summed E-state index contributed by atoms with van der Waals surface area (Å²) >= 11 is 0. The number of nitrogens with two attached hydrogens (primary N) is 1. The van der Waals surface area contributed by atoms with E-state index in [9.17, 15) is 0 Å². The van der Waals surface area contributed by atoms with Crippen LogP contribution in [-0.4, -0.2) is 34.5 Å². The van der Waals surface area contributed by atoms with Gasteiger partial charge >= 0.3 is 0 Å². The Morgan fingerprint density at radius 3 is 2.47 bits per heavy atom. The van der Waals surface area contributed by atoms with Crippen LogP contribution in [0.25, 0.3) is 0 Å². The summed E-state index contributed by atoms with van der Waals surface area (Å²) in [7, 11) is 0. The molecular formula is C13H24N4. The molecule has 0 saturated heterocycles. The maximum absolute atomic E-state index is 5.84. The summed E-state index contributed by atoms with van der Waals surface area (Å²) in [5, 5.41) is 0. The van der Waals surface area contributed by atoms with Gasteiger partial charge in [-0.15, -0.1) is 0 Å². The fraction of sp³-hybridized carbons (Fsp3) is 0.692. The van der Waals surface area contributed by atoms with Crippen molar-refractivity contribution in [1.29, 1.82) is 0 Å². The highest BCUT2D eigenvalue weighted by Gasteiger charge is 2.08. The van der Waals surface area contributed by atoms with E-state index in [0.29, 0.717) is 0 Å². The van der Waals surface area contributed by atoms with Crippen LogP contribution in [0.3, 0.4) is 0 Å². The number of hydrogen-bond donors (Lipinski definition) is 1. The van der Waals surface area contributed by atoms with Crippen molar-refractivity contribution >= 4 is 0 Å². The average Bonchev–Trinajstić information content (AvgIpc) is 2.30. The highest BCUT2D eigenvalue weighted by atomic mass is 15.1. The minimum atomic E-state index is 0.00633. The molecule has 96 valence electrons. The van der Waals surface area contributed by atoms with Gasteiger partial charge in [0.05, 0.1) is 0 Å². The van der Waals surface area contributed by atoms with Gasteiger partial charge in [0, 0.05) is 36.5 Å². The molecule has 1 aromatic heterocycles. The first-order chi connectivity index (χ1) is 8.08. The van der Waals surface area contributed by atoms with E-state index in [0.717, 1.165) is 43.1 Å². The van der Waals surface area contributed by atoms with Crippen LogP contribution >= 0.6 is 0 Å². The van der Waals surface area contributed by atoms with Crippen LogP contribution in [0.5, 0.6) is 0 Å². The molecule has 2 N–H and O–H groups in total. The van der Waals surface area contributed by atoms with E-state index < -0.39 is 0 Å². The van der Waals surface area contributed by atoms with Crippen LogP contribution in [0.1, 0.15) is 43.9 Å². The zero-order chi connectivity index (χ0) is 12.8. The smallest absolute Gasteiger partial charge is 0.129 e. The highest BCUT2D eigenvalue weighted by Crippen LogP contribution is 2.12. The first-order valence-electron chi connectivity index (χ1n) is 6.38. The Labute approximate surface area is 104 Å². The number of nitrogens with zero attached hydrogens (tertiary/aromatic N) is 3. The molecule has 0 saturated carbocycles. The van der Waals surface area contributed by atoms with Crippen LogP contribution in [0.15, 0.2) is 6.20 Å². The standard InChI is InChI=1S/C13H24N4/c1-5-17(6-2)8-7-13-15-9-12(10(3)14)11(4)16-13/h9-10H,5-8,14H2,1-4H3/t10-/m1/s1. The number of aryl methyl sites for hydroxylation is 1. The van der Waals surface area contributed by atoms with Crippen molar-refractivity contribution in [1.82, 2.24) is 14.9 Å². The Bertz CT molecular complexity index is 345. The number of rotatable bonds is 6. The van der Waals surface area contributed by atoms with Crippen LogP contribution in [-0.2, 0) is 6.42 Å². The minimum absolute atomic E-state index is 0.00633. The van der Waals surface area contributed by atoms with E-state index in [4.69, 9.17) is 5.73 Å². The Hall–Kier alpha value is -1.00. The van der Waals surface area contributed by atoms with Crippen molar-refractivity contribution in [2.24, 2.45) is 5.73 Å². The van der Waals surface area contributed by atoms with Gasteiger partial charge in [-0.05, 0) is 26.9 Å². The third-order valence-corrected chi connectivity index (χ3v) is 3.10. The van der Waals surface area contributed by atoms with Crippen molar-refractivity contribution in [3.05, 3.63) is 23.3 Å². The Kier molecular flexibility index (Phi) is 5.51. The van der Waals surface area contributed by atoms with Crippen molar-refractivity contribution in [2.75, 3.05) is 19.6 Å². The topological polar surface area (TPSA) is 55.0 Å². The van der Waals surface area contributed by atoms with E-state index in [-0.39, 0.29) is 6.04 Å². The molecule has 0 amide bonds. The molecule has 4 nitrogen and oxygen atoms in total. The lowest BCUT2D eigenvalue weighted by Crippen LogP contribution is -2.26. The lowest BCUT2D eigenvalue weighted by Gasteiger charge is -2.17. The average molecular weight is 236 g/mol. The molecule has 0 aliphatic heterocycles. The van der Waals surface area contributed by atoms with Gasteiger partial charge in [-0.1, -0.05) is 13.8 Å². The molecule has 0 aliphatic carbocycles. The van der Waals surface area contributed by atoms with Crippen LogP contribution in [0.4, 0.5) is 0 Å². The van der Waals surface area contributed by atoms with Crippen molar-refractivity contribution in [3.8, 4) is 0 Å². The zero-order valence-corrected chi connectivity index (χ0v) is 11.4. The quantitative estimate of drug-likeness (QED) is 0.816. The second-order valence-corrected chi connectivity index (χ2v) is 4.39. The van der Waals surface area contributed by atoms with Gasteiger partial charge in [0.15, 0.2) is 0 Å². The molecule has 0 bridgehead atoms. The maximum Gasteiger partial charge on any atom is 0.129 e. The molecule has 1 atom stereocenters. The van der Waals surface area contributed by atoms with Gasteiger partial charge in [0.25, 0.3) is 0 Å². The van der Waals surface area contributed by atoms with Crippen LogP contribution in [0, 0.1) is 6.92 Å². The van der Waals surface area contributed by atoms with Gasteiger partial charge in [-0.25, -0.2) is 9.97 Å². The van der Waals surface area contributed by atoms with E-state index in [1.165, 1.54) is 0 Å². The summed E-state index contributed by atoms with van der Waals surface area (Å²) in [6, 6.07) is 0.00633. The van der Waals surface area contributed by atoms with E-state index in [1.54, 1.807) is 0 Å². The van der Waals surface area contributed by atoms with Crippen molar-refractivity contribution in [2.45, 2.75) is 40.2 Å².